The zero-order chi connectivity index (χ0) is 21.3. The maximum absolute atomic E-state index is 12.8. The topological polar surface area (TPSA) is 115 Å². The Morgan fingerprint density at radius 1 is 1.20 bits per heavy atom. The summed E-state index contributed by atoms with van der Waals surface area (Å²) >= 11 is 0. The van der Waals surface area contributed by atoms with Gasteiger partial charge in [0.15, 0.2) is 6.61 Å². The fourth-order valence-corrected chi connectivity index (χ4v) is 3.10. The van der Waals surface area contributed by atoms with Crippen molar-refractivity contribution in [3.63, 3.8) is 0 Å². The fourth-order valence-electron chi connectivity index (χ4n) is 3.10. The number of para-hydroxylation sites is 1. The summed E-state index contributed by atoms with van der Waals surface area (Å²) in [6.45, 7) is 1.59. The molecule has 0 aliphatic carbocycles. The molecule has 0 saturated carbocycles. The van der Waals surface area contributed by atoms with Crippen LogP contribution in [0.1, 0.15) is 15.9 Å². The zero-order valence-electron chi connectivity index (χ0n) is 16.3. The number of fused-ring (bicyclic) bond motifs is 3. The van der Waals surface area contributed by atoms with Crippen LogP contribution in [0.15, 0.2) is 53.5 Å². The second kappa shape index (κ2) is 7.70. The number of rotatable bonds is 5. The van der Waals surface area contributed by atoms with Crippen LogP contribution < -0.4 is 15.6 Å². The van der Waals surface area contributed by atoms with Crippen LogP contribution in [0.2, 0.25) is 0 Å². The van der Waals surface area contributed by atoms with Crippen LogP contribution >= 0.6 is 0 Å². The number of aryl methyl sites for hydroxylation is 1. The molecule has 152 valence electrons. The lowest BCUT2D eigenvalue weighted by molar-refractivity contribution is -0.142. The summed E-state index contributed by atoms with van der Waals surface area (Å²) in [4.78, 5) is 39.1. The van der Waals surface area contributed by atoms with E-state index in [0.29, 0.717) is 28.0 Å². The Balaban J connectivity index is 1.61. The van der Waals surface area contributed by atoms with Crippen molar-refractivity contribution in [2.45, 2.75) is 6.92 Å². The number of H-pyrrole nitrogens is 1. The second-order valence-electron chi connectivity index (χ2n) is 6.59. The minimum atomic E-state index is -0.486. The van der Waals surface area contributed by atoms with Crippen LogP contribution in [0.4, 0.5) is 5.69 Å². The highest BCUT2D eigenvalue weighted by molar-refractivity contribution is 6.08. The van der Waals surface area contributed by atoms with Gasteiger partial charge in [-0.1, -0.05) is 12.1 Å². The monoisotopic (exact) mass is 406 g/mol. The van der Waals surface area contributed by atoms with Gasteiger partial charge in [-0.15, -0.1) is 0 Å². The second-order valence-corrected chi connectivity index (χ2v) is 6.59. The smallest absolute Gasteiger partial charge is 0.343 e. The molecule has 0 aliphatic rings. The van der Waals surface area contributed by atoms with E-state index in [4.69, 9.17) is 4.74 Å². The van der Waals surface area contributed by atoms with Crippen molar-refractivity contribution in [2.24, 2.45) is 0 Å². The lowest BCUT2D eigenvalue weighted by Crippen LogP contribution is -2.16. The molecular weight excluding hydrogens is 388 g/mol. The standard InChI is InChI=1S/C21H18N4O5/c1-12-9-13(30-11-18(26)29-2)7-8-16(12)23-21(28)15-10-22-25-17-6-4-3-5-14(17)20(27)24-19(15)25/h3-10H,11H2,1-2H3,(H,23,28)(H,24,27). The first kappa shape index (κ1) is 19.2. The maximum Gasteiger partial charge on any atom is 0.343 e. The molecule has 4 aromatic rings. The Hall–Kier alpha value is -4.14. The lowest BCUT2D eigenvalue weighted by atomic mass is 10.2. The first-order chi connectivity index (χ1) is 14.5. The number of aromatic amines is 1. The van der Waals surface area contributed by atoms with Gasteiger partial charge in [0.05, 0.1) is 24.2 Å². The Morgan fingerprint density at radius 3 is 2.77 bits per heavy atom. The van der Waals surface area contributed by atoms with Crippen molar-refractivity contribution in [3.8, 4) is 5.75 Å². The number of ether oxygens (including phenoxy) is 2. The summed E-state index contributed by atoms with van der Waals surface area (Å²) in [6.07, 6.45) is 1.41. The number of anilines is 1. The Bertz CT molecular complexity index is 1340. The van der Waals surface area contributed by atoms with Crippen molar-refractivity contribution < 1.29 is 19.1 Å². The van der Waals surface area contributed by atoms with Crippen molar-refractivity contribution >= 4 is 34.1 Å². The van der Waals surface area contributed by atoms with E-state index >= 15 is 0 Å². The van der Waals surface area contributed by atoms with E-state index in [0.717, 1.165) is 5.56 Å². The Kier molecular flexibility index (Phi) is 4.93. The number of hydrogen-bond acceptors (Lipinski definition) is 6. The summed E-state index contributed by atoms with van der Waals surface area (Å²) < 4.78 is 11.4. The number of carbonyl (C=O) groups excluding carboxylic acids is 2. The third-order valence-corrected chi connectivity index (χ3v) is 4.65. The summed E-state index contributed by atoms with van der Waals surface area (Å²) in [5.74, 6) is -0.426. The third-order valence-electron chi connectivity index (χ3n) is 4.65. The van der Waals surface area contributed by atoms with Gasteiger partial charge < -0.3 is 19.8 Å². The normalized spacial score (nSPS) is 10.9. The molecule has 2 aromatic carbocycles. The van der Waals surface area contributed by atoms with Crippen LogP contribution in [0, 0.1) is 6.92 Å². The number of benzene rings is 2. The highest BCUT2D eigenvalue weighted by Gasteiger charge is 2.17. The third kappa shape index (κ3) is 3.48. The van der Waals surface area contributed by atoms with Crippen molar-refractivity contribution in [1.82, 2.24) is 14.6 Å². The van der Waals surface area contributed by atoms with Gasteiger partial charge in [-0.2, -0.15) is 5.10 Å². The molecule has 0 saturated heterocycles. The molecule has 4 rings (SSSR count). The lowest BCUT2D eigenvalue weighted by Gasteiger charge is -2.10. The number of aromatic nitrogens is 3. The number of nitrogens with one attached hydrogen (secondary N) is 2. The fraction of sp³-hybridized carbons (Fsp3) is 0.143. The van der Waals surface area contributed by atoms with Gasteiger partial charge in [-0.3, -0.25) is 9.59 Å². The van der Waals surface area contributed by atoms with Gasteiger partial charge >= 0.3 is 5.97 Å². The predicted molar refractivity (Wildman–Crippen MR) is 110 cm³/mol. The Labute approximate surface area is 170 Å². The number of nitrogens with zero attached hydrogens (tertiary/aromatic N) is 2. The van der Waals surface area contributed by atoms with Gasteiger partial charge in [0.25, 0.3) is 11.5 Å². The number of methoxy groups -OCH3 is 1. The number of amides is 1. The van der Waals surface area contributed by atoms with Gasteiger partial charge in [0.1, 0.15) is 17.0 Å². The minimum Gasteiger partial charge on any atom is -0.482 e. The highest BCUT2D eigenvalue weighted by atomic mass is 16.6. The predicted octanol–water partition coefficient (Wildman–Crippen LogP) is 2.29. The van der Waals surface area contributed by atoms with Crippen molar-refractivity contribution in [1.29, 1.82) is 0 Å². The van der Waals surface area contributed by atoms with Crippen LogP contribution in [-0.2, 0) is 9.53 Å². The molecule has 9 nitrogen and oxygen atoms in total. The molecule has 2 aromatic heterocycles. The summed E-state index contributed by atoms with van der Waals surface area (Å²) in [5, 5.41) is 7.56. The Morgan fingerprint density at radius 2 is 2.00 bits per heavy atom. The average Bonchev–Trinajstić information content (AvgIpc) is 3.18. The molecule has 0 fully saturated rings. The molecule has 0 unspecified atom stereocenters. The molecule has 0 atom stereocenters. The summed E-state index contributed by atoms with van der Waals surface area (Å²) in [5.41, 5.74) is 2.17. The van der Waals surface area contributed by atoms with Gasteiger partial charge in [-0.25, -0.2) is 9.31 Å². The van der Waals surface area contributed by atoms with Gasteiger partial charge in [0, 0.05) is 5.69 Å². The van der Waals surface area contributed by atoms with E-state index in [1.807, 2.05) is 0 Å². The largest absolute Gasteiger partial charge is 0.482 e. The quantitative estimate of drug-likeness (QED) is 0.492. The zero-order valence-corrected chi connectivity index (χ0v) is 16.3. The molecule has 9 heteroatoms. The summed E-state index contributed by atoms with van der Waals surface area (Å²) in [7, 11) is 1.28. The van der Waals surface area contributed by atoms with Crippen molar-refractivity contribution in [2.75, 3.05) is 19.0 Å². The van der Waals surface area contributed by atoms with E-state index < -0.39 is 11.9 Å². The molecule has 1 amide bonds. The molecule has 0 radical (unpaired) electrons. The summed E-state index contributed by atoms with van der Waals surface area (Å²) in [6, 6.07) is 12.0. The molecule has 30 heavy (non-hydrogen) atoms. The van der Waals surface area contributed by atoms with E-state index in [1.165, 1.54) is 17.8 Å². The maximum atomic E-state index is 12.8. The number of hydrogen-bond donors (Lipinski definition) is 2. The molecule has 0 bridgehead atoms. The number of carbonyl (C=O) groups is 2. The van der Waals surface area contributed by atoms with Crippen LogP contribution in [0.25, 0.3) is 16.6 Å². The minimum absolute atomic E-state index is 0.203. The molecule has 2 N–H and O–H groups in total. The average molecular weight is 406 g/mol. The molecule has 0 spiro atoms. The first-order valence-corrected chi connectivity index (χ1v) is 9.08. The van der Waals surface area contributed by atoms with E-state index in [-0.39, 0.29) is 17.7 Å². The van der Waals surface area contributed by atoms with E-state index in [9.17, 15) is 14.4 Å². The SMILES string of the molecule is COC(=O)COc1ccc(NC(=O)c2cnn3c2[nH]c(=O)c2ccccc23)c(C)c1. The first-order valence-electron chi connectivity index (χ1n) is 9.08. The van der Waals surface area contributed by atoms with E-state index in [1.54, 1.807) is 49.4 Å². The van der Waals surface area contributed by atoms with Crippen LogP contribution in [0.5, 0.6) is 5.75 Å². The molecule has 0 aliphatic heterocycles. The van der Waals surface area contributed by atoms with Crippen LogP contribution in [0.3, 0.4) is 0 Å². The highest BCUT2D eigenvalue weighted by Crippen LogP contribution is 2.23. The number of esters is 1. The molecular formula is C21H18N4O5. The van der Waals surface area contributed by atoms with Crippen molar-refractivity contribution in [3.05, 3.63) is 70.1 Å². The van der Waals surface area contributed by atoms with Crippen LogP contribution in [-0.4, -0.2) is 40.2 Å². The van der Waals surface area contributed by atoms with Gasteiger partial charge in [-0.05, 0) is 42.8 Å². The van der Waals surface area contributed by atoms with E-state index in [2.05, 4.69) is 20.1 Å². The molecule has 2 heterocycles. The van der Waals surface area contributed by atoms with Gasteiger partial charge in [0.2, 0.25) is 0 Å².